The standard InChI is InChI=1S/C26H27N5O2/c1-4-26(33)13-11-25(17-27,12-14-26)23-10-7-20(15-28-23)30-24(32)22-16-29-31(19(22)3)21-8-5-18(2)6-9-21/h4-10,15-16,33H,1,11-14H2,2-3H3,(H,30,32)/t25-,26+. The van der Waals surface area contributed by atoms with E-state index in [0.717, 1.165) is 16.9 Å². The molecule has 3 aromatic rings. The third-order valence-corrected chi connectivity index (χ3v) is 6.61. The average Bonchev–Trinajstić information content (AvgIpc) is 3.22. The van der Waals surface area contributed by atoms with E-state index in [0.29, 0.717) is 42.6 Å². The summed E-state index contributed by atoms with van der Waals surface area (Å²) in [7, 11) is 0. The largest absolute Gasteiger partial charge is 0.386 e. The first kappa shape index (κ1) is 22.4. The van der Waals surface area contributed by atoms with Crippen molar-refractivity contribution >= 4 is 11.6 Å². The van der Waals surface area contributed by atoms with Crippen molar-refractivity contribution in [1.82, 2.24) is 14.8 Å². The topological polar surface area (TPSA) is 104 Å². The minimum Gasteiger partial charge on any atom is -0.386 e. The van der Waals surface area contributed by atoms with Gasteiger partial charge in [-0.2, -0.15) is 10.4 Å². The van der Waals surface area contributed by atoms with Crippen LogP contribution in [0.15, 0.2) is 61.4 Å². The highest BCUT2D eigenvalue weighted by Crippen LogP contribution is 2.42. The van der Waals surface area contributed by atoms with Gasteiger partial charge in [-0.3, -0.25) is 9.78 Å². The summed E-state index contributed by atoms with van der Waals surface area (Å²) in [6.07, 6.45) is 6.62. The second-order valence-electron chi connectivity index (χ2n) is 8.78. The fourth-order valence-electron chi connectivity index (χ4n) is 4.27. The molecular formula is C26H27N5O2. The summed E-state index contributed by atoms with van der Waals surface area (Å²) in [6.45, 7) is 7.57. The van der Waals surface area contributed by atoms with E-state index in [2.05, 4.69) is 28.0 Å². The minimum atomic E-state index is -0.921. The molecule has 1 aliphatic rings. The van der Waals surface area contributed by atoms with Crippen LogP contribution < -0.4 is 5.32 Å². The predicted octanol–water partition coefficient (Wildman–Crippen LogP) is 4.39. The zero-order chi connectivity index (χ0) is 23.6. The quantitative estimate of drug-likeness (QED) is 0.572. The molecule has 0 aliphatic heterocycles. The molecule has 0 spiro atoms. The van der Waals surface area contributed by atoms with Crippen LogP contribution in [0.4, 0.5) is 5.69 Å². The SMILES string of the molecule is C=C[C@]1(O)CC[C@@](C#N)(c2ccc(NC(=O)c3cnn(-c4ccc(C)cc4)c3C)cn2)CC1. The Morgan fingerprint density at radius 1 is 1.15 bits per heavy atom. The van der Waals surface area contributed by atoms with Gasteiger partial charge >= 0.3 is 0 Å². The first-order valence-electron chi connectivity index (χ1n) is 11.0. The molecule has 2 heterocycles. The fourth-order valence-corrected chi connectivity index (χ4v) is 4.27. The number of rotatable bonds is 5. The van der Waals surface area contributed by atoms with Gasteiger partial charge in [-0.05, 0) is 63.8 Å². The van der Waals surface area contributed by atoms with Crippen molar-refractivity contribution in [2.45, 2.75) is 50.5 Å². The van der Waals surface area contributed by atoms with Gasteiger partial charge in [0.1, 0.15) is 0 Å². The number of carbonyl (C=O) groups excluding carboxylic acids is 1. The van der Waals surface area contributed by atoms with Crippen molar-refractivity contribution < 1.29 is 9.90 Å². The molecule has 4 rings (SSSR count). The minimum absolute atomic E-state index is 0.274. The van der Waals surface area contributed by atoms with Crippen molar-refractivity contribution in [3.63, 3.8) is 0 Å². The maximum absolute atomic E-state index is 12.9. The highest BCUT2D eigenvalue weighted by molar-refractivity contribution is 6.04. The van der Waals surface area contributed by atoms with Crippen LogP contribution in [0.1, 0.15) is 53.0 Å². The van der Waals surface area contributed by atoms with E-state index < -0.39 is 11.0 Å². The number of hydrogen-bond acceptors (Lipinski definition) is 5. The van der Waals surface area contributed by atoms with Gasteiger partial charge in [0.2, 0.25) is 0 Å². The Labute approximate surface area is 193 Å². The zero-order valence-electron chi connectivity index (χ0n) is 18.9. The highest BCUT2D eigenvalue weighted by Gasteiger charge is 2.42. The monoisotopic (exact) mass is 441 g/mol. The number of aryl methyl sites for hydroxylation is 1. The van der Waals surface area contributed by atoms with E-state index in [1.165, 1.54) is 0 Å². The van der Waals surface area contributed by atoms with Gasteiger partial charge in [0, 0.05) is 0 Å². The maximum Gasteiger partial charge on any atom is 0.259 e. The molecule has 1 saturated carbocycles. The Bertz CT molecular complexity index is 1210. The van der Waals surface area contributed by atoms with Crippen LogP contribution in [0, 0.1) is 25.2 Å². The van der Waals surface area contributed by atoms with Gasteiger partial charge in [0.15, 0.2) is 0 Å². The van der Waals surface area contributed by atoms with Crippen LogP contribution >= 0.6 is 0 Å². The number of nitriles is 1. The second kappa shape index (κ2) is 8.64. The van der Waals surface area contributed by atoms with Crippen LogP contribution in [0.2, 0.25) is 0 Å². The number of nitrogens with zero attached hydrogens (tertiary/aromatic N) is 4. The predicted molar refractivity (Wildman–Crippen MR) is 126 cm³/mol. The van der Waals surface area contributed by atoms with Crippen molar-refractivity contribution in [2.75, 3.05) is 5.32 Å². The number of benzene rings is 1. The summed E-state index contributed by atoms with van der Waals surface area (Å²) in [5.41, 5.74) is 2.78. The molecule has 7 heteroatoms. The highest BCUT2D eigenvalue weighted by atomic mass is 16.3. The molecule has 0 atom stereocenters. The van der Waals surface area contributed by atoms with Crippen molar-refractivity contribution in [1.29, 1.82) is 5.26 Å². The van der Waals surface area contributed by atoms with Crippen LogP contribution in [0.3, 0.4) is 0 Å². The summed E-state index contributed by atoms with van der Waals surface area (Å²) >= 11 is 0. The molecule has 0 unspecified atom stereocenters. The summed E-state index contributed by atoms with van der Waals surface area (Å²) in [5, 5.41) is 27.5. The van der Waals surface area contributed by atoms with Gasteiger partial charge in [0.25, 0.3) is 5.91 Å². The summed E-state index contributed by atoms with van der Waals surface area (Å²) in [4.78, 5) is 17.3. The lowest BCUT2D eigenvalue weighted by Crippen LogP contribution is -2.39. The van der Waals surface area contributed by atoms with Crippen LogP contribution in [-0.2, 0) is 5.41 Å². The number of carbonyl (C=O) groups is 1. The van der Waals surface area contributed by atoms with E-state index in [-0.39, 0.29) is 5.91 Å². The lowest BCUT2D eigenvalue weighted by molar-refractivity contribution is 0.0354. The molecule has 7 nitrogen and oxygen atoms in total. The molecule has 1 fully saturated rings. The number of hydrogen-bond donors (Lipinski definition) is 2. The fraction of sp³-hybridized carbons (Fsp3) is 0.308. The summed E-state index contributed by atoms with van der Waals surface area (Å²) < 4.78 is 1.74. The average molecular weight is 442 g/mol. The molecule has 168 valence electrons. The van der Waals surface area contributed by atoms with Crippen LogP contribution in [-0.4, -0.2) is 31.4 Å². The molecule has 1 aromatic carbocycles. The van der Waals surface area contributed by atoms with Gasteiger partial charge in [0.05, 0.1) is 57.8 Å². The summed E-state index contributed by atoms with van der Waals surface area (Å²) in [6, 6.07) is 13.9. The first-order chi connectivity index (χ1) is 15.8. The van der Waals surface area contributed by atoms with Crippen molar-refractivity contribution in [3.8, 4) is 11.8 Å². The third kappa shape index (κ3) is 4.30. The van der Waals surface area contributed by atoms with Gasteiger partial charge < -0.3 is 10.4 Å². The van der Waals surface area contributed by atoms with E-state index in [1.807, 2.05) is 38.1 Å². The van der Waals surface area contributed by atoms with Crippen LogP contribution in [0.25, 0.3) is 5.69 Å². The molecule has 1 aliphatic carbocycles. The number of aliphatic hydroxyl groups is 1. The first-order valence-corrected chi connectivity index (χ1v) is 11.0. The van der Waals surface area contributed by atoms with Crippen molar-refractivity contribution in [2.24, 2.45) is 0 Å². The van der Waals surface area contributed by atoms with E-state index >= 15 is 0 Å². The maximum atomic E-state index is 12.9. The molecule has 2 aromatic heterocycles. The smallest absolute Gasteiger partial charge is 0.259 e. The normalized spacial score (nSPS) is 22.4. The molecule has 0 bridgehead atoms. The molecule has 0 saturated heterocycles. The Kier molecular flexibility index (Phi) is 5.88. The molecular weight excluding hydrogens is 414 g/mol. The van der Waals surface area contributed by atoms with E-state index in [4.69, 9.17) is 0 Å². The number of anilines is 1. The lowest BCUT2D eigenvalue weighted by atomic mass is 9.67. The van der Waals surface area contributed by atoms with Gasteiger partial charge in [-0.15, -0.1) is 6.58 Å². The summed E-state index contributed by atoms with van der Waals surface area (Å²) in [5.74, 6) is -0.274. The molecule has 1 amide bonds. The second-order valence-corrected chi connectivity index (χ2v) is 8.78. The van der Waals surface area contributed by atoms with Gasteiger partial charge in [-0.1, -0.05) is 23.8 Å². The van der Waals surface area contributed by atoms with Crippen molar-refractivity contribution in [3.05, 3.63) is 84.0 Å². The lowest BCUT2D eigenvalue weighted by Gasteiger charge is -2.38. The Morgan fingerprint density at radius 2 is 1.85 bits per heavy atom. The molecule has 2 N–H and O–H groups in total. The van der Waals surface area contributed by atoms with Gasteiger partial charge in [-0.25, -0.2) is 4.68 Å². The van der Waals surface area contributed by atoms with E-state index in [9.17, 15) is 15.2 Å². The van der Waals surface area contributed by atoms with Crippen LogP contribution in [0.5, 0.6) is 0 Å². The van der Waals surface area contributed by atoms with E-state index in [1.54, 1.807) is 35.3 Å². The molecule has 0 radical (unpaired) electrons. The Morgan fingerprint density at radius 3 is 2.42 bits per heavy atom. The molecule has 33 heavy (non-hydrogen) atoms. The Hall–Kier alpha value is -3.76. The number of pyridine rings is 1. The third-order valence-electron chi connectivity index (χ3n) is 6.61. The Balaban J connectivity index is 1.49. The number of amides is 1. The number of nitrogens with one attached hydrogen (secondary N) is 1. The zero-order valence-corrected chi connectivity index (χ0v) is 18.9. The number of aromatic nitrogens is 3.